The minimum atomic E-state index is -0.326. The largest absolute Gasteiger partial charge is 0.456 e. The van der Waals surface area contributed by atoms with Crippen molar-refractivity contribution in [2.75, 3.05) is 0 Å². The fraction of sp³-hybridized carbons (Fsp3) is 0.333. The van der Waals surface area contributed by atoms with Gasteiger partial charge in [-0.05, 0) is 67.5 Å². The minimum absolute atomic E-state index is 0.265. The Morgan fingerprint density at radius 2 is 1.82 bits per heavy atom. The lowest BCUT2D eigenvalue weighted by Gasteiger charge is -2.04. The molecule has 0 saturated heterocycles. The van der Waals surface area contributed by atoms with Crippen molar-refractivity contribution in [2.24, 2.45) is 4.99 Å². The summed E-state index contributed by atoms with van der Waals surface area (Å²) in [5.41, 5.74) is 9.07. The number of aliphatic imine (C=N–C) groups is 1. The van der Waals surface area contributed by atoms with Crippen molar-refractivity contribution in [1.29, 1.82) is 0 Å². The van der Waals surface area contributed by atoms with E-state index in [4.69, 9.17) is 9.73 Å². The number of benzene rings is 1. The van der Waals surface area contributed by atoms with Crippen molar-refractivity contribution in [2.45, 2.75) is 54.1 Å². The van der Waals surface area contributed by atoms with Gasteiger partial charge in [-0.3, -0.25) is 4.99 Å². The van der Waals surface area contributed by atoms with E-state index in [-0.39, 0.29) is 12.6 Å². The topological polar surface area (TPSA) is 54.5 Å². The van der Waals surface area contributed by atoms with Crippen LogP contribution in [0.4, 0.5) is 0 Å². The van der Waals surface area contributed by atoms with E-state index in [2.05, 4.69) is 38.8 Å². The van der Waals surface area contributed by atoms with E-state index >= 15 is 0 Å². The first-order valence-electron chi connectivity index (χ1n) is 9.86. The summed E-state index contributed by atoms with van der Waals surface area (Å²) in [6.07, 6.45) is 3.86. The van der Waals surface area contributed by atoms with E-state index in [9.17, 15) is 4.79 Å². The number of allylic oxidation sites excluding steroid dienone is 2. The summed E-state index contributed by atoms with van der Waals surface area (Å²) in [5, 5.41) is 0. The lowest BCUT2D eigenvalue weighted by Crippen LogP contribution is -2.07. The van der Waals surface area contributed by atoms with Crippen LogP contribution in [0.3, 0.4) is 0 Å². The number of esters is 1. The van der Waals surface area contributed by atoms with Gasteiger partial charge in [-0.2, -0.15) is 0 Å². The van der Waals surface area contributed by atoms with E-state index in [0.717, 1.165) is 46.6 Å². The molecule has 1 aliphatic rings. The van der Waals surface area contributed by atoms with Crippen molar-refractivity contribution in [3.8, 4) is 0 Å². The van der Waals surface area contributed by atoms with Crippen molar-refractivity contribution in [3.05, 3.63) is 75.3 Å². The second-order valence-electron chi connectivity index (χ2n) is 7.12. The van der Waals surface area contributed by atoms with E-state index in [1.165, 1.54) is 11.1 Å². The first-order valence-corrected chi connectivity index (χ1v) is 9.86. The maximum atomic E-state index is 12.7. The van der Waals surface area contributed by atoms with Crippen molar-refractivity contribution in [1.82, 2.24) is 4.98 Å². The van der Waals surface area contributed by atoms with E-state index in [0.29, 0.717) is 5.69 Å². The van der Waals surface area contributed by atoms with E-state index < -0.39 is 0 Å². The van der Waals surface area contributed by atoms with Gasteiger partial charge >= 0.3 is 5.97 Å². The van der Waals surface area contributed by atoms with E-state index in [1.54, 1.807) is 0 Å². The first kappa shape index (κ1) is 19.9. The molecule has 2 aromatic rings. The summed E-state index contributed by atoms with van der Waals surface area (Å²) in [4.78, 5) is 20.7. The van der Waals surface area contributed by atoms with Crippen molar-refractivity contribution < 1.29 is 9.53 Å². The zero-order valence-electron chi connectivity index (χ0n) is 17.3. The summed E-state index contributed by atoms with van der Waals surface area (Å²) in [5.74, 6) is -0.326. The van der Waals surface area contributed by atoms with Gasteiger partial charge in [0.2, 0.25) is 0 Å². The molecule has 0 atom stereocenters. The van der Waals surface area contributed by atoms with Gasteiger partial charge < -0.3 is 9.72 Å². The molecule has 1 aromatic carbocycles. The SMILES string of the molecule is CCC1=C(C)/C(=C/c2[nH]c(C(=O)OCc3ccccc3)c(C)c2CC)N=C1C. The van der Waals surface area contributed by atoms with Gasteiger partial charge in [0.05, 0.1) is 5.70 Å². The van der Waals surface area contributed by atoms with Gasteiger partial charge in [0, 0.05) is 11.4 Å². The number of hydrogen-bond acceptors (Lipinski definition) is 3. The number of rotatable bonds is 6. The van der Waals surface area contributed by atoms with Crippen LogP contribution in [0.1, 0.15) is 67.0 Å². The normalized spacial score (nSPS) is 15.3. The molecule has 1 N–H and O–H groups in total. The van der Waals surface area contributed by atoms with Gasteiger partial charge in [0.15, 0.2) is 0 Å². The number of ether oxygens (including phenoxy) is 1. The second kappa shape index (κ2) is 8.42. The Morgan fingerprint density at radius 3 is 2.43 bits per heavy atom. The molecule has 4 heteroatoms. The highest BCUT2D eigenvalue weighted by Crippen LogP contribution is 2.30. The van der Waals surface area contributed by atoms with Crippen LogP contribution in [0, 0.1) is 6.92 Å². The highest BCUT2D eigenvalue weighted by atomic mass is 16.5. The molecule has 0 spiro atoms. The molecule has 0 aliphatic carbocycles. The number of hydrogen-bond donors (Lipinski definition) is 1. The third kappa shape index (κ3) is 3.86. The van der Waals surface area contributed by atoms with Crippen LogP contribution in [0.25, 0.3) is 6.08 Å². The molecule has 4 nitrogen and oxygen atoms in total. The molecule has 1 aromatic heterocycles. The number of aromatic amines is 1. The molecule has 28 heavy (non-hydrogen) atoms. The molecule has 3 rings (SSSR count). The summed E-state index contributed by atoms with van der Waals surface area (Å²) in [6, 6.07) is 9.72. The third-order valence-corrected chi connectivity index (χ3v) is 5.38. The standard InChI is InChI=1S/C24H28N2O2/c1-6-19-15(3)21(25-17(19)5)13-22-20(7-2)16(4)23(26-22)24(27)28-14-18-11-9-8-10-12-18/h8-13,26H,6-7,14H2,1-5H3/b21-13-. The van der Waals surface area contributed by atoms with Gasteiger partial charge in [0.25, 0.3) is 0 Å². The molecule has 0 radical (unpaired) electrons. The molecular formula is C24H28N2O2. The Hall–Kier alpha value is -2.88. The van der Waals surface area contributed by atoms with Crippen LogP contribution < -0.4 is 0 Å². The van der Waals surface area contributed by atoms with Gasteiger partial charge in [-0.15, -0.1) is 0 Å². The molecule has 0 bridgehead atoms. The molecule has 2 heterocycles. The molecule has 0 unspecified atom stereocenters. The lowest BCUT2D eigenvalue weighted by molar-refractivity contribution is 0.0465. The Labute approximate surface area is 167 Å². The van der Waals surface area contributed by atoms with Crippen LogP contribution in [-0.4, -0.2) is 16.7 Å². The monoisotopic (exact) mass is 376 g/mol. The number of carbonyl (C=O) groups is 1. The quantitative estimate of drug-likeness (QED) is 0.649. The highest BCUT2D eigenvalue weighted by Gasteiger charge is 2.21. The molecule has 0 saturated carbocycles. The van der Waals surface area contributed by atoms with Crippen molar-refractivity contribution >= 4 is 17.8 Å². The molecule has 146 valence electrons. The Bertz CT molecular complexity index is 976. The Balaban J connectivity index is 1.88. The third-order valence-electron chi connectivity index (χ3n) is 5.38. The Kier molecular flexibility index (Phi) is 5.98. The molecule has 0 fully saturated rings. The highest BCUT2D eigenvalue weighted by molar-refractivity contribution is 6.03. The predicted octanol–water partition coefficient (Wildman–Crippen LogP) is 5.78. The fourth-order valence-electron chi connectivity index (χ4n) is 3.79. The van der Waals surface area contributed by atoms with Gasteiger partial charge in [0.1, 0.15) is 12.3 Å². The number of nitrogens with one attached hydrogen (secondary N) is 1. The molecule has 1 aliphatic heterocycles. The number of H-pyrrole nitrogens is 1. The summed E-state index contributed by atoms with van der Waals surface area (Å²) in [7, 11) is 0. The average molecular weight is 377 g/mol. The Morgan fingerprint density at radius 1 is 1.11 bits per heavy atom. The predicted molar refractivity (Wildman–Crippen MR) is 115 cm³/mol. The molecule has 0 amide bonds. The maximum absolute atomic E-state index is 12.7. The lowest BCUT2D eigenvalue weighted by atomic mass is 10.0. The van der Waals surface area contributed by atoms with Crippen LogP contribution in [0.5, 0.6) is 0 Å². The summed E-state index contributed by atoms with van der Waals surface area (Å²) in [6.45, 7) is 10.6. The summed E-state index contributed by atoms with van der Waals surface area (Å²) >= 11 is 0. The zero-order chi connectivity index (χ0) is 20.3. The average Bonchev–Trinajstić information content (AvgIpc) is 3.15. The van der Waals surface area contributed by atoms with Crippen LogP contribution in [0.2, 0.25) is 0 Å². The second-order valence-corrected chi connectivity index (χ2v) is 7.12. The van der Waals surface area contributed by atoms with Crippen LogP contribution >= 0.6 is 0 Å². The fourth-order valence-corrected chi connectivity index (χ4v) is 3.79. The number of nitrogens with zero attached hydrogens (tertiary/aromatic N) is 1. The maximum Gasteiger partial charge on any atom is 0.355 e. The zero-order valence-corrected chi connectivity index (χ0v) is 17.3. The minimum Gasteiger partial charge on any atom is -0.456 e. The number of carbonyl (C=O) groups excluding carboxylic acids is 1. The smallest absolute Gasteiger partial charge is 0.355 e. The molecular weight excluding hydrogens is 348 g/mol. The van der Waals surface area contributed by atoms with Crippen LogP contribution in [-0.2, 0) is 17.8 Å². The first-order chi connectivity index (χ1) is 13.5. The van der Waals surface area contributed by atoms with Gasteiger partial charge in [-0.1, -0.05) is 44.2 Å². The summed E-state index contributed by atoms with van der Waals surface area (Å²) < 4.78 is 5.52. The number of aromatic nitrogens is 1. The van der Waals surface area contributed by atoms with Crippen LogP contribution in [0.15, 0.2) is 52.2 Å². The van der Waals surface area contributed by atoms with E-state index in [1.807, 2.05) is 37.3 Å². The van der Waals surface area contributed by atoms with Gasteiger partial charge in [-0.25, -0.2) is 4.79 Å². The van der Waals surface area contributed by atoms with Crippen molar-refractivity contribution in [3.63, 3.8) is 0 Å².